The van der Waals surface area contributed by atoms with Gasteiger partial charge in [0.2, 0.25) is 0 Å². The lowest BCUT2D eigenvalue weighted by atomic mass is 9.94. The minimum atomic E-state index is 0.161. The van der Waals surface area contributed by atoms with Gasteiger partial charge in [-0.1, -0.05) is 0 Å². The van der Waals surface area contributed by atoms with Crippen LogP contribution in [-0.4, -0.2) is 24.2 Å². The van der Waals surface area contributed by atoms with Gasteiger partial charge in [0.05, 0.1) is 6.61 Å². The van der Waals surface area contributed by atoms with Gasteiger partial charge in [0.15, 0.2) is 0 Å². The van der Waals surface area contributed by atoms with Gasteiger partial charge in [-0.2, -0.15) is 0 Å². The molecule has 15 heavy (non-hydrogen) atoms. The highest BCUT2D eigenvalue weighted by Crippen LogP contribution is 2.18. The molecule has 1 aliphatic rings. The van der Waals surface area contributed by atoms with E-state index in [1.165, 1.54) is 0 Å². The van der Waals surface area contributed by atoms with Crippen molar-refractivity contribution in [2.75, 3.05) is 18.9 Å². The topological polar surface area (TPSA) is 74.2 Å². The normalized spacial score (nSPS) is 22.9. The molecule has 1 saturated heterocycles. The van der Waals surface area contributed by atoms with Crippen LogP contribution in [0.5, 0.6) is 0 Å². The molecule has 0 saturated carbocycles. The molecule has 1 fully saturated rings. The number of hydrogen-bond acceptors (Lipinski definition) is 4. The van der Waals surface area contributed by atoms with Crippen molar-refractivity contribution in [3.05, 3.63) is 23.9 Å². The number of nitrogens with zero attached hydrogens (tertiary/aromatic N) is 1. The standard InChI is InChI=1S/C11H17N3O/c12-10(9-2-4-15-7-9)5-8-1-3-14-11(13)6-8/h1,3,6,9-10H,2,4-5,7,12H2,(H2,13,14). The van der Waals surface area contributed by atoms with E-state index in [-0.39, 0.29) is 6.04 Å². The second-order valence-corrected chi connectivity index (χ2v) is 4.08. The summed E-state index contributed by atoms with van der Waals surface area (Å²) in [5.74, 6) is 1.04. The van der Waals surface area contributed by atoms with E-state index in [9.17, 15) is 0 Å². The average molecular weight is 207 g/mol. The largest absolute Gasteiger partial charge is 0.384 e. The monoisotopic (exact) mass is 207 g/mol. The van der Waals surface area contributed by atoms with Crippen molar-refractivity contribution in [3.8, 4) is 0 Å². The minimum absolute atomic E-state index is 0.161. The molecule has 4 heteroatoms. The predicted molar refractivity (Wildman–Crippen MR) is 59.3 cm³/mol. The fourth-order valence-corrected chi connectivity index (χ4v) is 1.95. The number of pyridine rings is 1. The summed E-state index contributed by atoms with van der Waals surface area (Å²) in [5, 5.41) is 0. The third-order valence-electron chi connectivity index (χ3n) is 2.89. The van der Waals surface area contributed by atoms with Crippen molar-refractivity contribution in [1.29, 1.82) is 0 Å². The lowest BCUT2D eigenvalue weighted by Gasteiger charge is -2.17. The Morgan fingerprint density at radius 3 is 3.13 bits per heavy atom. The van der Waals surface area contributed by atoms with Crippen molar-refractivity contribution >= 4 is 5.82 Å². The van der Waals surface area contributed by atoms with Crippen LogP contribution in [0.15, 0.2) is 18.3 Å². The summed E-state index contributed by atoms with van der Waals surface area (Å²) < 4.78 is 5.32. The summed E-state index contributed by atoms with van der Waals surface area (Å²) in [4.78, 5) is 3.96. The fraction of sp³-hybridized carbons (Fsp3) is 0.545. The number of anilines is 1. The Kier molecular flexibility index (Phi) is 3.18. The molecule has 2 heterocycles. The third kappa shape index (κ3) is 2.67. The zero-order valence-corrected chi connectivity index (χ0v) is 8.73. The highest BCUT2D eigenvalue weighted by atomic mass is 16.5. The first-order valence-corrected chi connectivity index (χ1v) is 5.29. The molecular formula is C11H17N3O. The van der Waals surface area contributed by atoms with E-state index in [2.05, 4.69) is 4.98 Å². The maximum atomic E-state index is 6.12. The van der Waals surface area contributed by atoms with E-state index in [1.807, 2.05) is 12.1 Å². The van der Waals surface area contributed by atoms with Crippen LogP contribution in [0.2, 0.25) is 0 Å². The highest BCUT2D eigenvalue weighted by molar-refractivity contribution is 5.32. The highest BCUT2D eigenvalue weighted by Gasteiger charge is 2.22. The zero-order valence-electron chi connectivity index (χ0n) is 8.73. The second kappa shape index (κ2) is 4.59. The lowest BCUT2D eigenvalue weighted by molar-refractivity contribution is 0.180. The van der Waals surface area contributed by atoms with Crippen LogP contribution >= 0.6 is 0 Å². The number of nitrogen functional groups attached to an aromatic ring is 1. The van der Waals surface area contributed by atoms with Crippen molar-refractivity contribution in [2.24, 2.45) is 11.7 Å². The number of rotatable bonds is 3. The Morgan fingerprint density at radius 1 is 1.60 bits per heavy atom. The van der Waals surface area contributed by atoms with E-state index in [0.29, 0.717) is 11.7 Å². The van der Waals surface area contributed by atoms with Crippen LogP contribution in [0.3, 0.4) is 0 Å². The van der Waals surface area contributed by atoms with Crippen molar-refractivity contribution in [1.82, 2.24) is 4.98 Å². The fourth-order valence-electron chi connectivity index (χ4n) is 1.95. The molecule has 2 atom stereocenters. The van der Waals surface area contributed by atoms with E-state index in [4.69, 9.17) is 16.2 Å². The summed E-state index contributed by atoms with van der Waals surface area (Å²) >= 11 is 0. The number of nitrogens with two attached hydrogens (primary N) is 2. The van der Waals surface area contributed by atoms with Gasteiger partial charge in [-0.25, -0.2) is 4.98 Å². The van der Waals surface area contributed by atoms with Gasteiger partial charge in [0, 0.05) is 18.8 Å². The smallest absolute Gasteiger partial charge is 0.123 e. The molecule has 0 aromatic carbocycles. The van der Waals surface area contributed by atoms with Crippen LogP contribution in [0, 0.1) is 5.92 Å². The quantitative estimate of drug-likeness (QED) is 0.760. The Balaban J connectivity index is 1.95. The molecule has 1 aromatic rings. The average Bonchev–Trinajstić information content (AvgIpc) is 2.70. The van der Waals surface area contributed by atoms with E-state index >= 15 is 0 Å². The first-order chi connectivity index (χ1) is 7.25. The maximum absolute atomic E-state index is 6.12. The van der Waals surface area contributed by atoms with Crippen molar-refractivity contribution < 1.29 is 4.74 Å². The van der Waals surface area contributed by atoms with Gasteiger partial charge >= 0.3 is 0 Å². The van der Waals surface area contributed by atoms with E-state index in [1.54, 1.807) is 6.20 Å². The lowest BCUT2D eigenvalue weighted by Crippen LogP contribution is -2.32. The second-order valence-electron chi connectivity index (χ2n) is 4.08. The van der Waals surface area contributed by atoms with Gasteiger partial charge in [0.25, 0.3) is 0 Å². The summed E-state index contributed by atoms with van der Waals surface area (Å²) in [6, 6.07) is 4.01. The molecule has 0 bridgehead atoms. The third-order valence-corrected chi connectivity index (χ3v) is 2.89. The minimum Gasteiger partial charge on any atom is -0.384 e. The molecule has 0 spiro atoms. The first-order valence-electron chi connectivity index (χ1n) is 5.29. The summed E-state index contributed by atoms with van der Waals surface area (Å²) in [5.41, 5.74) is 12.9. The molecule has 1 aliphatic heterocycles. The Labute approximate surface area is 89.6 Å². The SMILES string of the molecule is Nc1cc(CC(N)C2CCOC2)ccn1. The molecule has 82 valence electrons. The molecule has 4 nitrogen and oxygen atoms in total. The van der Waals surface area contributed by atoms with Crippen LogP contribution in [-0.2, 0) is 11.2 Å². The van der Waals surface area contributed by atoms with Crippen molar-refractivity contribution in [2.45, 2.75) is 18.9 Å². The summed E-state index contributed by atoms with van der Waals surface area (Å²) in [6.07, 6.45) is 3.64. The van der Waals surface area contributed by atoms with Crippen LogP contribution in [0.4, 0.5) is 5.82 Å². The van der Waals surface area contributed by atoms with Gasteiger partial charge < -0.3 is 16.2 Å². The van der Waals surface area contributed by atoms with Crippen molar-refractivity contribution in [3.63, 3.8) is 0 Å². The number of aromatic nitrogens is 1. The molecule has 2 unspecified atom stereocenters. The maximum Gasteiger partial charge on any atom is 0.123 e. The number of hydrogen-bond donors (Lipinski definition) is 2. The van der Waals surface area contributed by atoms with Crippen LogP contribution in [0.25, 0.3) is 0 Å². The Morgan fingerprint density at radius 2 is 2.47 bits per heavy atom. The molecule has 1 aromatic heterocycles. The number of ether oxygens (including phenoxy) is 1. The zero-order chi connectivity index (χ0) is 10.7. The molecule has 0 aliphatic carbocycles. The van der Waals surface area contributed by atoms with Gasteiger partial charge in [-0.15, -0.1) is 0 Å². The van der Waals surface area contributed by atoms with Crippen LogP contribution < -0.4 is 11.5 Å². The molecule has 4 N–H and O–H groups in total. The van der Waals surface area contributed by atoms with Gasteiger partial charge in [-0.3, -0.25) is 0 Å². The molecular weight excluding hydrogens is 190 g/mol. The Bertz CT molecular complexity index is 323. The first kappa shape index (κ1) is 10.4. The Hall–Kier alpha value is -1.13. The predicted octanol–water partition coefficient (Wildman–Crippen LogP) is 0.570. The molecule has 0 radical (unpaired) electrons. The van der Waals surface area contributed by atoms with E-state index < -0.39 is 0 Å². The van der Waals surface area contributed by atoms with Gasteiger partial charge in [0.1, 0.15) is 5.82 Å². The van der Waals surface area contributed by atoms with E-state index in [0.717, 1.165) is 31.6 Å². The molecule has 2 rings (SSSR count). The van der Waals surface area contributed by atoms with Crippen LogP contribution in [0.1, 0.15) is 12.0 Å². The van der Waals surface area contributed by atoms with Gasteiger partial charge in [-0.05, 0) is 36.5 Å². The summed E-state index contributed by atoms with van der Waals surface area (Å²) in [6.45, 7) is 1.64. The summed E-state index contributed by atoms with van der Waals surface area (Å²) in [7, 11) is 0. The molecule has 0 amide bonds.